The Balaban J connectivity index is 1.55. The van der Waals surface area contributed by atoms with E-state index in [0.717, 1.165) is 18.0 Å². The lowest BCUT2D eigenvalue weighted by atomic mass is 9.92. The lowest BCUT2D eigenvalue weighted by molar-refractivity contribution is -0.0772. The minimum atomic E-state index is 0.540. The number of fused-ring (bicyclic) bond motifs is 7. The molecule has 0 saturated carbocycles. The molecule has 4 heterocycles. The highest BCUT2D eigenvalue weighted by atomic mass is 35.5. The summed E-state index contributed by atoms with van der Waals surface area (Å²) in [7, 11) is 2.25. The van der Waals surface area contributed by atoms with Crippen molar-refractivity contribution in [2.24, 2.45) is 0 Å². The number of aromatic nitrogens is 1. The lowest BCUT2D eigenvalue weighted by Gasteiger charge is -2.53. The van der Waals surface area contributed by atoms with Gasteiger partial charge in [0.15, 0.2) is 0 Å². The van der Waals surface area contributed by atoms with Crippen LogP contribution in [0.5, 0.6) is 0 Å². The molecule has 2 saturated heterocycles. The van der Waals surface area contributed by atoms with Crippen LogP contribution in [0.1, 0.15) is 23.7 Å². The minimum Gasteiger partial charge on any atom is -0.357 e. The molecule has 122 valence electrons. The van der Waals surface area contributed by atoms with E-state index in [4.69, 9.17) is 11.6 Å². The van der Waals surface area contributed by atoms with Crippen LogP contribution in [0.25, 0.3) is 10.9 Å². The maximum atomic E-state index is 6.18. The minimum absolute atomic E-state index is 0.540. The van der Waals surface area contributed by atoms with Gasteiger partial charge in [-0.2, -0.15) is 0 Å². The van der Waals surface area contributed by atoms with Crippen molar-refractivity contribution in [2.75, 3.05) is 39.8 Å². The van der Waals surface area contributed by atoms with Crippen molar-refractivity contribution >= 4 is 22.5 Å². The highest BCUT2D eigenvalue weighted by molar-refractivity contribution is 6.31. The summed E-state index contributed by atoms with van der Waals surface area (Å²) >= 11 is 6.18. The second-order valence-corrected chi connectivity index (χ2v) is 7.71. The summed E-state index contributed by atoms with van der Waals surface area (Å²) in [4.78, 5) is 11.6. The van der Waals surface area contributed by atoms with Crippen molar-refractivity contribution in [1.29, 1.82) is 0 Å². The van der Waals surface area contributed by atoms with E-state index in [1.165, 1.54) is 54.8 Å². The third kappa shape index (κ3) is 2.16. The second-order valence-electron chi connectivity index (χ2n) is 7.28. The standard InChI is InChI=1S/C18H23ClN4/c1-21-8-9-22-6-5-16-18-14(4-7-23(16)17(22)11-21)13-3-2-12(19)10-15(13)20-18/h2-3,10,16-17,20H,4-9,11H2,1H3/t16-,17-/m1/s1. The van der Waals surface area contributed by atoms with Gasteiger partial charge in [-0.15, -0.1) is 0 Å². The van der Waals surface area contributed by atoms with Gasteiger partial charge in [-0.25, -0.2) is 0 Å². The van der Waals surface area contributed by atoms with Crippen LogP contribution in [0.15, 0.2) is 18.2 Å². The molecule has 0 radical (unpaired) electrons. The molecule has 0 bridgehead atoms. The highest BCUT2D eigenvalue weighted by Gasteiger charge is 2.42. The molecule has 2 aromatic rings. The molecule has 1 aromatic heterocycles. The Hall–Kier alpha value is -1.07. The summed E-state index contributed by atoms with van der Waals surface area (Å²) in [6, 6.07) is 6.82. The smallest absolute Gasteiger partial charge is 0.0759 e. The van der Waals surface area contributed by atoms with Gasteiger partial charge in [0.05, 0.1) is 12.2 Å². The molecular formula is C18H23ClN4. The van der Waals surface area contributed by atoms with Gasteiger partial charge in [0, 0.05) is 54.3 Å². The summed E-state index contributed by atoms with van der Waals surface area (Å²) in [6.07, 6.45) is 2.95. The van der Waals surface area contributed by atoms with Crippen LogP contribution < -0.4 is 0 Å². The predicted molar refractivity (Wildman–Crippen MR) is 93.9 cm³/mol. The Kier molecular flexibility index (Phi) is 3.24. The number of hydrogen-bond acceptors (Lipinski definition) is 3. The molecule has 0 spiro atoms. The predicted octanol–water partition coefficient (Wildman–Crippen LogP) is 2.70. The number of aromatic amines is 1. The summed E-state index contributed by atoms with van der Waals surface area (Å²) in [5.74, 6) is 0. The van der Waals surface area contributed by atoms with Crippen LogP contribution in [0.3, 0.4) is 0 Å². The van der Waals surface area contributed by atoms with E-state index in [1.54, 1.807) is 0 Å². The normalized spacial score (nSPS) is 29.3. The highest BCUT2D eigenvalue weighted by Crippen LogP contribution is 2.41. The molecule has 4 nitrogen and oxygen atoms in total. The van der Waals surface area contributed by atoms with Crippen LogP contribution >= 0.6 is 11.6 Å². The van der Waals surface area contributed by atoms with E-state index in [2.05, 4.69) is 38.9 Å². The van der Waals surface area contributed by atoms with Crippen molar-refractivity contribution in [1.82, 2.24) is 19.7 Å². The maximum Gasteiger partial charge on any atom is 0.0759 e. The molecule has 0 unspecified atom stereocenters. The summed E-state index contributed by atoms with van der Waals surface area (Å²) in [5, 5.41) is 2.18. The van der Waals surface area contributed by atoms with Crippen LogP contribution in [0, 0.1) is 0 Å². The molecule has 1 aromatic carbocycles. The molecule has 2 fully saturated rings. The number of hydrogen-bond donors (Lipinski definition) is 1. The summed E-state index contributed by atoms with van der Waals surface area (Å²) in [6.45, 7) is 5.96. The molecule has 3 aliphatic rings. The number of benzene rings is 1. The number of nitrogens with zero attached hydrogens (tertiary/aromatic N) is 3. The number of piperazine rings is 1. The number of halogens is 1. The van der Waals surface area contributed by atoms with Crippen LogP contribution in [-0.4, -0.2) is 65.6 Å². The van der Waals surface area contributed by atoms with Gasteiger partial charge >= 0.3 is 0 Å². The topological polar surface area (TPSA) is 25.5 Å². The lowest BCUT2D eigenvalue weighted by Crippen LogP contribution is -2.64. The van der Waals surface area contributed by atoms with E-state index in [9.17, 15) is 0 Å². The first-order valence-electron chi connectivity index (χ1n) is 8.69. The van der Waals surface area contributed by atoms with E-state index in [1.807, 2.05) is 6.07 Å². The molecule has 1 N–H and O–H groups in total. The van der Waals surface area contributed by atoms with E-state index >= 15 is 0 Å². The Morgan fingerprint density at radius 2 is 2.09 bits per heavy atom. The van der Waals surface area contributed by atoms with Gasteiger partial charge in [-0.3, -0.25) is 9.80 Å². The zero-order valence-electron chi connectivity index (χ0n) is 13.6. The average Bonchev–Trinajstić information content (AvgIpc) is 2.92. The first-order valence-corrected chi connectivity index (χ1v) is 9.07. The second kappa shape index (κ2) is 5.21. The fourth-order valence-corrected chi connectivity index (χ4v) is 5.00. The van der Waals surface area contributed by atoms with Gasteiger partial charge in [0.2, 0.25) is 0 Å². The third-order valence-corrected chi connectivity index (χ3v) is 6.23. The quantitative estimate of drug-likeness (QED) is 0.804. The molecule has 0 amide bonds. The van der Waals surface area contributed by atoms with Crippen molar-refractivity contribution in [3.8, 4) is 0 Å². The Morgan fingerprint density at radius 1 is 1.17 bits per heavy atom. The number of H-pyrrole nitrogens is 1. The van der Waals surface area contributed by atoms with E-state index in [0.29, 0.717) is 12.2 Å². The molecule has 2 atom stereocenters. The SMILES string of the molecule is CN1CCN2CC[C@@H]3c4[nH]c5cc(Cl)ccc5c4CCN3[C@@H]2C1. The summed E-state index contributed by atoms with van der Waals surface area (Å²) in [5.41, 5.74) is 4.17. The zero-order valence-corrected chi connectivity index (χ0v) is 14.3. The van der Waals surface area contributed by atoms with Gasteiger partial charge in [0.1, 0.15) is 0 Å². The maximum absolute atomic E-state index is 6.18. The molecule has 5 rings (SSSR count). The van der Waals surface area contributed by atoms with Gasteiger partial charge in [-0.1, -0.05) is 17.7 Å². The van der Waals surface area contributed by atoms with Crippen LogP contribution in [0.4, 0.5) is 0 Å². The Bertz CT molecular complexity index is 755. The van der Waals surface area contributed by atoms with Gasteiger partial charge in [0.25, 0.3) is 0 Å². The number of rotatable bonds is 0. The first-order chi connectivity index (χ1) is 11.2. The Morgan fingerprint density at radius 3 is 3.00 bits per heavy atom. The first kappa shape index (κ1) is 14.3. The number of nitrogens with one attached hydrogen (secondary N) is 1. The molecule has 3 aliphatic heterocycles. The fraction of sp³-hybridized carbons (Fsp3) is 0.556. The average molecular weight is 331 g/mol. The van der Waals surface area contributed by atoms with E-state index < -0.39 is 0 Å². The largest absolute Gasteiger partial charge is 0.357 e. The van der Waals surface area contributed by atoms with Gasteiger partial charge < -0.3 is 9.88 Å². The Labute approximate surface area is 142 Å². The van der Waals surface area contributed by atoms with Gasteiger partial charge in [-0.05, 0) is 37.6 Å². The van der Waals surface area contributed by atoms with Crippen molar-refractivity contribution in [3.05, 3.63) is 34.5 Å². The molecule has 0 aliphatic carbocycles. The summed E-state index contributed by atoms with van der Waals surface area (Å²) < 4.78 is 0. The number of likely N-dealkylation sites (N-methyl/N-ethyl adjacent to an activating group) is 1. The molecule has 5 heteroatoms. The van der Waals surface area contributed by atoms with E-state index in [-0.39, 0.29) is 0 Å². The zero-order chi connectivity index (χ0) is 15.6. The molecule has 23 heavy (non-hydrogen) atoms. The monoisotopic (exact) mass is 330 g/mol. The van der Waals surface area contributed by atoms with Crippen molar-refractivity contribution in [3.63, 3.8) is 0 Å². The fourth-order valence-electron chi connectivity index (χ4n) is 4.83. The van der Waals surface area contributed by atoms with Crippen molar-refractivity contribution < 1.29 is 0 Å². The van der Waals surface area contributed by atoms with Crippen molar-refractivity contribution in [2.45, 2.75) is 25.0 Å². The molecular weight excluding hydrogens is 308 g/mol. The third-order valence-electron chi connectivity index (χ3n) is 5.99. The van der Waals surface area contributed by atoms with Crippen LogP contribution in [-0.2, 0) is 6.42 Å². The van der Waals surface area contributed by atoms with Crippen LogP contribution in [0.2, 0.25) is 5.02 Å².